The van der Waals surface area contributed by atoms with Crippen molar-refractivity contribution in [3.05, 3.63) is 0 Å². The lowest BCUT2D eigenvalue weighted by molar-refractivity contribution is -0.139. The molecule has 0 unspecified atom stereocenters. The molecule has 11 heavy (non-hydrogen) atoms. The van der Waals surface area contributed by atoms with Gasteiger partial charge in [0.2, 0.25) is 0 Å². The fraction of sp³-hybridized carbons (Fsp3) is 0.800. The summed E-state index contributed by atoms with van der Waals surface area (Å²) >= 11 is 0. The standard InChI is InChI=1S/C5H10N2O2.2ClH/c6-3-1-2-7-4(3)5(8)9;;/h3-4,7H,1-2,6H2,(H,8,9);2*1H/t3-,4+;;/m0../s1. The van der Waals surface area contributed by atoms with Gasteiger partial charge >= 0.3 is 5.97 Å². The number of halogens is 2. The Morgan fingerprint density at radius 3 is 2.27 bits per heavy atom. The van der Waals surface area contributed by atoms with E-state index in [0.29, 0.717) is 0 Å². The summed E-state index contributed by atoms with van der Waals surface area (Å²) in [5.41, 5.74) is 5.44. The third kappa shape index (κ3) is 3.25. The molecule has 0 aromatic rings. The first-order chi connectivity index (χ1) is 4.22. The molecule has 0 bridgehead atoms. The van der Waals surface area contributed by atoms with Gasteiger partial charge in [0.1, 0.15) is 6.04 Å². The van der Waals surface area contributed by atoms with Crippen LogP contribution >= 0.6 is 24.8 Å². The molecule has 0 spiro atoms. The molecule has 6 heteroatoms. The Kier molecular flexibility index (Phi) is 6.90. The summed E-state index contributed by atoms with van der Waals surface area (Å²) in [6, 6.07) is -0.729. The highest BCUT2D eigenvalue weighted by atomic mass is 35.5. The molecule has 1 aliphatic heterocycles. The van der Waals surface area contributed by atoms with Crippen molar-refractivity contribution < 1.29 is 9.90 Å². The fourth-order valence-electron chi connectivity index (χ4n) is 0.994. The summed E-state index contributed by atoms with van der Waals surface area (Å²) in [7, 11) is 0. The van der Waals surface area contributed by atoms with Gasteiger partial charge in [-0.3, -0.25) is 4.79 Å². The average molecular weight is 203 g/mol. The van der Waals surface area contributed by atoms with Crippen LogP contribution in [0.2, 0.25) is 0 Å². The summed E-state index contributed by atoms with van der Waals surface area (Å²) in [5, 5.41) is 11.2. The van der Waals surface area contributed by atoms with Gasteiger partial charge in [-0.15, -0.1) is 24.8 Å². The lowest BCUT2D eigenvalue weighted by Gasteiger charge is -2.08. The fourth-order valence-corrected chi connectivity index (χ4v) is 0.994. The van der Waals surface area contributed by atoms with Gasteiger partial charge in [0.15, 0.2) is 0 Å². The van der Waals surface area contributed by atoms with Crippen LogP contribution in [0, 0.1) is 0 Å². The molecule has 0 aliphatic carbocycles. The van der Waals surface area contributed by atoms with Crippen molar-refractivity contribution in [2.45, 2.75) is 18.5 Å². The second-order valence-corrected chi connectivity index (χ2v) is 2.22. The van der Waals surface area contributed by atoms with Crippen LogP contribution in [0.4, 0.5) is 0 Å². The Hall–Kier alpha value is -0.0300. The van der Waals surface area contributed by atoms with E-state index >= 15 is 0 Å². The van der Waals surface area contributed by atoms with E-state index in [2.05, 4.69) is 5.32 Å². The van der Waals surface area contributed by atoms with Gasteiger partial charge in [-0.2, -0.15) is 0 Å². The molecule has 0 saturated carbocycles. The number of carbonyl (C=O) groups is 1. The predicted octanol–water partition coefficient (Wildman–Crippen LogP) is -0.396. The number of carboxylic acids is 1. The van der Waals surface area contributed by atoms with Gasteiger partial charge in [0.05, 0.1) is 0 Å². The molecular formula is C5H12Cl2N2O2. The number of carboxylic acid groups (broad SMARTS) is 1. The van der Waals surface area contributed by atoms with E-state index in [1.165, 1.54) is 0 Å². The first kappa shape index (κ1) is 13.6. The Morgan fingerprint density at radius 1 is 1.55 bits per heavy atom. The number of rotatable bonds is 1. The highest BCUT2D eigenvalue weighted by Gasteiger charge is 2.28. The molecule has 1 aliphatic rings. The second-order valence-electron chi connectivity index (χ2n) is 2.22. The molecule has 1 rings (SSSR count). The smallest absolute Gasteiger partial charge is 0.322 e. The summed E-state index contributed by atoms with van der Waals surface area (Å²) in [6.45, 7) is 0.720. The Labute approximate surface area is 77.3 Å². The molecule has 0 radical (unpaired) electrons. The monoisotopic (exact) mass is 202 g/mol. The maximum Gasteiger partial charge on any atom is 0.322 e. The van der Waals surface area contributed by atoms with E-state index in [1.807, 2.05) is 0 Å². The highest BCUT2D eigenvalue weighted by Crippen LogP contribution is 2.02. The summed E-state index contributed by atoms with van der Waals surface area (Å²) in [4.78, 5) is 10.3. The van der Waals surface area contributed by atoms with Crippen LogP contribution in [-0.2, 0) is 4.79 Å². The zero-order valence-electron chi connectivity index (χ0n) is 5.82. The maximum atomic E-state index is 10.3. The zero-order valence-corrected chi connectivity index (χ0v) is 7.45. The van der Waals surface area contributed by atoms with Crippen molar-refractivity contribution in [3.8, 4) is 0 Å². The predicted molar refractivity (Wildman–Crippen MR) is 46.5 cm³/mol. The van der Waals surface area contributed by atoms with E-state index in [1.54, 1.807) is 0 Å². The van der Waals surface area contributed by atoms with Crippen LogP contribution in [0.1, 0.15) is 6.42 Å². The zero-order chi connectivity index (χ0) is 6.85. The lowest BCUT2D eigenvalue weighted by Crippen LogP contribution is -2.42. The Morgan fingerprint density at radius 2 is 2.09 bits per heavy atom. The largest absolute Gasteiger partial charge is 0.480 e. The molecule has 2 atom stereocenters. The van der Waals surface area contributed by atoms with Crippen molar-refractivity contribution in [2.24, 2.45) is 5.73 Å². The van der Waals surface area contributed by atoms with Crippen molar-refractivity contribution in [2.75, 3.05) is 6.54 Å². The molecular weight excluding hydrogens is 191 g/mol. The summed E-state index contributed by atoms with van der Waals surface area (Å²) in [5.74, 6) is -0.847. The average Bonchev–Trinajstić information content (AvgIpc) is 2.13. The quantitative estimate of drug-likeness (QED) is 0.542. The topological polar surface area (TPSA) is 75.3 Å². The van der Waals surface area contributed by atoms with Crippen molar-refractivity contribution in [1.82, 2.24) is 5.32 Å². The van der Waals surface area contributed by atoms with Gasteiger partial charge in [-0.25, -0.2) is 0 Å². The summed E-state index contributed by atoms with van der Waals surface area (Å²) in [6.07, 6.45) is 0.761. The van der Waals surface area contributed by atoms with Gasteiger partial charge in [0, 0.05) is 6.04 Å². The number of aliphatic carboxylic acids is 1. The normalized spacial score (nSPS) is 28.5. The number of nitrogens with two attached hydrogens (primary N) is 1. The van der Waals surface area contributed by atoms with Gasteiger partial charge in [-0.05, 0) is 13.0 Å². The minimum absolute atomic E-state index is 0. The van der Waals surface area contributed by atoms with Crippen LogP contribution in [0.25, 0.3) is 0 Å². The van der Waals surface area contributed by atoms with Crippen LogP contribution in [-0.4, -0.2) is 29.7 Å². The molecule has 4 N–H and O–H groups in total. The molecule has 0 aromatic heterocycles. The van der Waals surface area contributed by atoms with Crippen molar-refractivity contribution in [1.29, 1.82) is 0 Å². The first-order valence-corrected chi connectivity index (χ1v) is 2.93. The first-order valence-electron chi connectivity index (χ1n) is 2.93. The highest BCUT2D eigenvalue weighted by molar-refractivity contribution is 5.85. The molecule has 68 valence electrons. The molecule has 0 amide bonds. The number of hydrogen-bond acceptors (Lipinski definition) is 3. The van der Waals surface area contributed by atoms with Crippen LogP contribution < -0.4 is 11.1 Å². The lowest BCUT2D eigenvalue weighted by atomic mass is 10.1. The van der Waals surface area contributed by atoms with Gasteiger partial charge in [0.25, 0.3) is 0 Å². The second kappa shape index (κ2) is 5.60. The van der Waals surface area contributed by atoms with E-state index < -0.39 is 12.0 Å². The van der Waals surface area contributed by atoms with E-state index in [-0.39, 0.29) is 30.9 Å². The van der Waals surface area contributed by atoms with Crippen LogP contribution in [0.3, 0.4) is 0 Å². The van der Waals surface area contributed by atoms with Gasteiger partial charge in [-0.1, -0.05) is 0 Å². The minimum Gasteiger partial charge on any atom is -0.480 e. The number of nitrogens with one attached hydrogen (secondary N) is 1. The Balaban J connectivity index is 0. The third-order valence-corrected chi connectivity index (χ3v) is 1.54. The maximum absolute atomic E-state index is 10.3. The van der Waals surface area contributed by atoms with E-state index in [0.717, 1.165) is 13.0 Å². The molecule has 1 fully saturated rings. The molecule has 0 aromatic carbocycles. The van der Waals surface area contributed by atoms with Gasteiger partial charge < -0.3 is 16.2 Å². The number of hydrogen-bond donors (Lipinski definition) is 3. The third-order valence-electron chi connectivity index (χ3n) is 1.54. The minimum atomic E-state index is -0.847. The summed E-state index contributed by atoms with van der Waals surface area (Å²) < 4.78 is 0. The van der Waals surface area contributed by atoms with E-state index in [9.17, 15) is 4.79 Å². The molecule has 4 nitrogen and oxygen atoms in total. The molecule has 1 heterocycles. The SMILES string of the molecule is Cl.Cl.N[C@H]1CCN[C@H]1C(=O)O. The van der Waals surface area contributed by atoms with Crippen molar-refractivity contribution in [3.63, 3.8) is 0 Å². The Bertz CT molecular complexity index is 134. The van der Waals surface area contributed by atoms with Crippen LogP contribution in [0.5, 0.6) is 0 Å². The van der Waals surface area contributed by atoms with Crippen molar-refractivity contribution >= 4 is 30.8 Å². The van der Waals surface area contributed by atoms with Crippen LogP contribution in [0.15, 0.2) is 0 Å². The van der Waals surface area contributed by atoms with E-state index in [4.69, 9.17) is 10.8 Å². The molecule has 1 saturated heterocycles.